The number of nitrogens with zero attached hydrogens (tertiary/aromatic N) is 2. The molecule has 6 nitrogen and oxygen atoms in total. The average molecular weight is 224 g/mol. The largest absolute Gasteiger partial charge is 0.439 e. The molecule has 0 bridgehead atoms. The third-order valence-corrected chi connectivity index (χ3v) is 1.44. The lowest BCUT2D eigenvalue weighted by molar-refractivity contribution is -0.154. The van der Waals surface area contributed by atoms with Gasteiger partial charge < -0.3 is 10.5 Å². The molecular weight excluding hydrogens is 217 g/mol. The number of hydrogen-bond donors (Lipinski definition) is 2. The summed E-state index contributed by atoms with van der Waals surface area (Å²) < 4.78 is 40.4. The van der Waals surface area contributed by atoms with Crippen LogP contribution in [0.2, 0.25) is 0 Å². The molecule has 1 aromatic rings. The van der Waals surface area contributed by atoms with E-state index in [1.807, 2.05) is 0 Å². The molecule has 15 heavy (non-hydrogen) atoms. The first-order valence-electron chi connectivity index (χ1n) is 3.77. The van der Waals surface area contributed by atoms with Crippen molar-refractivity contribution < 1.29 is 22.7 Å². The minimum Gasteiger partial charge on any atom is -0.439 e. The van der Waals surface area contributed by atoms with Gasteiger partial charge in [0.05, 0.1) is 12.6 Å². The molecule has 9 heteroatoms. The van der Waals surface area contributed by atoms with E-state index in [9.17, 15) is 18.0 Å². The van der Waals surface area contributed by atoms with Gasteiger partial charge in [-0.1, -0.05) is 0 Å². The topological polar surface area (TPSA) is 93.9 Å². The van der Waals surface area contributed by atoms with Crippen molar-refractivity contribution in [2.75, 3.05) is 0 Å². The molecule has 0 saturated heterocycles. The van der Waals surface area contributed by atoms with Gasteiger partial charge in [-0.15, -0.1) is 0 Å². The van der Waals surface area contributed by atoms with E-state index >= 15 is 0 Å². The lowest BCUT2D eigenvalue weighted by Gasteiger charge is -2.15. The summed E-state index contributed by atoms with van der Waals surface area (Å²) in [6.07, 6.45) is -7.69. The Hall–Kier alpha value is -1.80. The highest BCUT2D eigenvalue weighted by atomic mass is 19.4. The minimum atomic E-state index is -4.49. The number of nitrogens with two attached hydrogens (primary N) is 1. The molecule has 1 amide bonds. The number of alkyl halides is 3. The number of amides is 1. The zero-order valence-corrected chi connectivity index (χ0v) is 7.28. The molecule has 1 atom stereocenters. The van der Waals surface area contributed by atoms with Crippen LogP contribution in [-0.4, -0.2) is 27.7 Å². The van der Waals surface area contributed by atoms with E-state index in [2.05, 4.69) is 25.9 Å². The molecule has 0 aliphatic rings. The summed E-state index contributed by atoms with van der Waals surface area (Å²) in [5.74, 6) is 0. The Labute approximate surface area is 81.6 Å². The molecule has 1 rings (SSSR count). The standard InChI is InChI=1S/C6H7F3N4O2/c7-6(8,9)1-4(15-5(10)14)3-2-11-13-12-3/h2,4H,1H2,(H2,10,14)(H,11,12,13). The number of carbonyl (C=O) groups excluding carboxylic acids is 1. The summed E-state index contributed by atoms with van der Waals surface area (Å²) in [6, 6.07) is 0. The normalized spacial score (nSPS) is 13.5. The van der Waals surface area contributed by atoms with Gasteiger partial charge in [-0.2, -0.15) is 28.6 Å². The molecule has 84 valence electrons. The smallest absolute Gasteiger partial charge is 0.405 e. The van der Waals surface area contributed by atoms with Crippen LogP contribution in [-0.2, 0) is 4.74 Å². The van der Waals surface area contributed by atoms with Gasteiger partial charge in [0.2, 0.25) is 0 Å². The van der Waals surface area contributed by atoms with Crippen LogP contribution in [0, 0.1) is 0 Å². The van der Waals surface area contributed by atoms with E-state index in [1.165, 1.54) is 0 Å². The number of H-pyrrole nitrogens is 1. The minimum absolute atomic E-state index is 0.133. The van der Waals surface area contributed by atoms with Gasteiger partial charge in [0.15, 0.2) is 6.10 Å². The van der Waals surface area contributed by atoms with Crippen LogP contribution < -0.4 is 5.73 Å². The monoisotopic (exact) mass is 224 g/mol. The van der Waals surface area contributed by atoms with Crippen molar-refractivity contribution in [2.45, 2.75) is 18.7 Å². The maximum absolute atomic E-state index is 12.1. The summed E-state index contributed by atoms with van der Waals surface area (Å²) in [5, 5.41) is 8.80. The second-order valence-corrected chi connectivity index (χ2v) is 2.64. The van der Waals surface area contributed by atoms with E-state index in [4.69, 9.17) is 0 Å². The number of aromatic nitrogens is 3. The Morgan fingerprint density at radius 2 is 2.33 bits per heavy atom. The molecular formula is C6H7F3N4O2. The fourth-order valence-corrected chi connectivity index (χ4v) is 0.923. The van der Waals surface area contributed by atoms with E-state index in [0.717, 1.165) is 6.20 Å². The van der Waals surface area contributed by atoms with Crippen molar-refractivity contribution in [3.63, 3.8) is 0 Å². The maximum Gasteiger partial charge on any atom is 0.405 e. The molecule has 0 aliphatic heterocycles. The molecule has 1 heterocycles. The van der Waals surface area contributed by atoms with Crippen LogP contribution >= 0.6 is 0 Å². The van der Waals surface area contributed by atoms with E-state index < -0.39 is 24.8 Å². The van der Waals surface area contributed by atoms with Gasteiger partial charge in [0.25, 0.3) is 0 Å². The highest BCUT2D eigenvalue weighted by molar-refractivity contribution is 5.64. The van der Waals surface area contributed by atoms with E-state index in [0.29, 0.717) is 0 Å². The third-order valence-electron chi connectivity index (χ3n) is 1.44. The van der Waals surface area contributed by atoms with Gasteiger partial charge in [-0.25, -0.2) is 4.79 Å². The molecule has 0 spiro atoms. The number of rotatable bonds is 3. The first kappa shape index (κ1) is 11.3. The van der Waals surface area contributed by atoms with Crippen LogP contribution in [0.25, 0.3) is 0 Å². The van der Waals surface area contributed by atoms with Crippen molar-refractivity contribution in [2.24, 2.45) is 5.73 Å². The highest BCUT2D eigenvalue weighted by Crippen LogP contribution is 2.30. The Balaban J connectivity index is 2.75. The number of primary amides is 1. The molecule has 0 radical (unpaired) electrons. The fraction of sp³-hybridized carbons (Fsp3) is 0.500. The number of halogens is 3. The van der Waals surface area contributed by atoms with Crippen molar-refractivity contribution in [3.8, 4) is 0 Å². The summed E-state index contributed by atoms with van der Waals surface area (Å²) in [6.45, 7) is 0. The molecule has 3 N–H and O–H groups in total. The number of aromatic amines is 1. The van der Waals surface area contributed by atoms with Gasteiger partial charge in [0.1, 0.15) is 5.69 Å². The Bertz CT molecular complexity index is 324. The first-order chi connectivity index (χ1) is 6.88. The number of carbonyl (C=O) groups is 1. The van der Waals surface area contributed by atoms with Gasteiger partial charge in [0, 0.05) is 0 Å². The quantitative estimate of drug-likeness (QED) is 0.797. The fourth-order valence-electron chi connectivity index (χ4n) is 0.923. The van der Waals surface area contributed by atoms with Crippen molar-refractivity contribution in [3.05, 3.63) is 11.9 Å². The molecule has 0 aliphatic carbocycles. The van der Waals surface area contributed by atoms with Crippen LogP contribution in [0.4, 0.5) is 18.0 Å². The molecule has 1 aromatic heterocycles. The Morgan fingerprint density at radius 1 is 1.67 bits per heavy atom. The van der Waals surface area contributed by atoms with Gasteiger partial charge >= 0.3 is 12.3 Å². The number of ether oxygens (including phenoxy) is 1. The molecule has 0 fully saturated rings. The zero-order chi connectivity index (χ0) is 11.5. The van der Waals surface area contributed by atoms with E-state index in [-0.39, 0.29) is 5.69 Å². The van der Waals surface area contributed by atoms with Crippen LogP contribution in [0.3, 0.4) is 0 Å². The van der Waals surface area contributed by atoms with Crippen LogP contribution in [0.1, 0.15) is 18.2 Å². The Kier molecular flexibility index (Phi) is 3.12. The first-order valence-corrected chi connectivity index (χ1v) is 3.77. The van der Waals surface area contributed by atoms with Gasteiger partial charge in [-0.3, -0.25) is 0 Å². The molecule has 0 saturated carbocycles. The Morgan fingerprint density at radius 3 is 2.73 bits per heavy atom. The predicted molar refractivity (Wildman–Crippen MR) is 40.5 cm³/mol. The lowest BCUT2D eigenvalue weighted by atomic mass is 10.2. The zero-order valence-electron chi connectivity index (χ0n) is 7.28. The van der Waals surface area contributed by atoms with Crippen LogP contribution in [0.15, 0.2) is 6.20 Å². The predicted octanol–water partition coefficient (Wildman–Crippen LogP) is 0.894. The lowest BCUT2D eigenvalue weighted by Crippen LogP contribution is -2.22. The maximum atomic E-state index is 12.1. The van der Waals surface area contributed by atoms with E-state index in [1.54, 1.807) is 0 Å². The van der Waals surface area contributed by atoms with Crippen molar-refractivity contribution in [1.82, 2.24) is 15.4 Å². The SMILES string of the molecule is NC(=O)OC(CC(F)(F)F)c1cn[nH]n1. The molecule has 0 aromatic carbocycles. The van der Waals surface area contributed by atoms with Crippen LogP contribution in [0.5, 0.6) is 0 Å². The second kappa shape index (κ2) is 4.15. The average Bonchev–Trinajstić information content (AvgIpc) is 2.50. The number of hydrogen-bond acceptors (Lipinski definition) is 4. The third kappa shape index (κ3) is 3.83. The highest BCUT2D eigenvalue weighted by Gasteiger charge is 2.35. The summed E-state index contributed by atoms with van der Waals surface area (Å²) >= 11 is 0. The van der Waals surface area contributed by atoms with Crippen molar-refractivity contribution in [1.29, 1.82) is 0 Å². The summed E-state index contributed by atoms with van der Waals surface area (Å²) in [5.41, 5.74) is 4.50. The molecule has 1 unspecified atom stereocenters. The van der Waals surface area contributed by atoms with Crippen molar-refractivity contribution >= 4 is 6.09 Å². The van der Waals surface area contributed by atoms with Gasteiger partial charge in [-0.05, 0) is 0 Å². The second-order valence-electron chi connectivity index (χ2n) is 2.64. The number of nitrogens with one attached hydrogen (secondary N) is 1. The summed E-state index contributed by atoms with van der Waals surface area (Å²) in [4.78, 5) is 10.4. The summed E-state index contributed by atoms with van der Waals surface area (Å²) in [7, 11) is 0.